The van der Waals surface area contributed by atoms with Crippen LogP contribution < -0.4 is 20.7 Å². The normalized spacial score (nSPS) is 14.1. The Hall–Kier alpha value is -4.43. The second kappa shape index (κ2) is 12.2. The van der Waals surface area contributed by atoms with Crippen LogP contribution in [0.3, 0.4) is 0 Å². The minimum absolute atomic E-state index is 0.267. The zero-order valence-electron chi connectivity index (χ0n) is 22.5. The van der Waals surface area contributed by atoms with E-state index in [-0.39, 0.29) is 11.8 Å². The highest BCUT2D eigenvalue weighted by atomic mass is 32.1. The van der Waals surface area contributed by atoms with E-state index >= 15 is 0 Å². The molecule has 0 saturated carbocycles. The summed E-state index contributed by atoms with van der Waals surface area (Å²) >= 11 is 1.45. The Morgan fingerprint density at radius 3 is 2.33 bits per heavy atom. The van der Waals surface area contributed by atoms with E-state index in [1.165, 1.54) is 11.3 Å². The summed E-state index contributed by atoms with van der Waals surface area (Å²) in [4.78, 5) is 41.1. The number of rotatable bonds is 8. The third-order valence-corrected chi connectivity index (χ3v) is 8.01. The van der Waals surface area contributed by atoms with Gasteiger partial charge >= 0.3 is 0 Å². The molecule has 3 amide bonds. The highest BCUT2D eigenvalue weighted by Gasteiger charge is 2.29. The number of fused-ring (bicyclic) bond motifs is 1. The lowest BCUT2D eigenvalue weighted by Crippen LogP contribution is -2.21. The molecule has 0 bridgehead atoms. The van der Waals surface area contributed by atoms with Crippen LogP contribution >= 0.6 is 11.3 Å². The number of ether oxygens (including phenoxy) is 1. The monoisotopic (exact) mass is 553 g/mol. The average molecular weight is 554 g/mol. The molecule has 1 aliphatic carbocycles. The molecule has 3 N–H and O–H groups in total. The minimum Gasteiger partial charge on any atom is -0.494 e. The van der Waals surface area contributed by atoms with Gasteiger partial charge in [0.25, 0.3) is 17.7 Å². The lowest BCUT2D eigenvalue weighted by atomic mass is 9.88. The molecular weight excluding hydrogens is 522 g/mol. The predicted molar refractivity (Wildman–Crippen MR) is 160 cm³/mol. The summed E-state index contributed by atoms with van der Waals surface area (Å²) in [5, 5.41) is 9.34. The van der Waals surface area contributed by atoms with Crippen LogP contribution in [0.15, 0.2) is 78.9 Å². The summed E-state index contributed by atoms with van der Waals surface area (Å²) in [7, 11) is 0. The van der Waals surface area contributed by atoms with E-state index in [0.29, 0.717) is 45.6 Å². The van der Waals surface area contributed by atoms with Gasteiger partial charge in [-0.25, -0.2) is 0 Å². The molecule has 0 saturated heterocycles. The standard InChI is InChI=1S/C32H31N3O4S/c1-3-39-23-16-14-22(15-17-23)33-31(38)28-25-18-13-20(2)19-27(25)40-32(28)35-30(37)24-11-7-8-12-26(24)34-29(36)21-9-5-4-6-10-21/h4-12,14-17,20H,3,13,18-19H2,1-2H3,(H,33,38)(H,34,36)(H,35,37)/t20-/m1/s1. The van der Waals surface area contributed by atoms with Crippen molar-refractivity contribution in [3.63, 3.8) is 0 Å². The topological polar surface area (TPSA) is 96.5 Å². The summed E-state index contributed by atoms with van der Waals surface area (Å²) in [6.07, 6.45) is 2.62. The second-order valence-electron chi connectivity index (χ2n) is 9.79. The summed E-state index contributed by atoms with van der Waals surface area (Å²) in [5.41, 5.74) is 3.33. The Morgan fingerprint density at radius 1 is 0.850 bits per heavy atom. The molecule has 3 aromatic carbocycles. The Balaban J connectivity index is 1.41. The molecule has 8 heteroatoms. The van der Waals surface area contributed by atoms with Crippen molar-refractivity contribution in [3.05, 3.63) is 106 Å². The van der Waals surface area contributed by atoms with Crippen molar-refractivity contribution in [1.82, 2.24) is 0 Å². The van der Waals surface area contributed by atoms with Gasteiger partial charge in [-0.3, -0.25) is 14.4 Å². The van der Waals surface area contributed by atoms with E-state index < -0.39 is 5.91 Å². The Morgan fingerprint density at radius 2 is 1.57 bits per heavy atom. The summed E-state index contributed by atoms with van der Waals surface area (Å²) < 4.78 is 5.50. The molecule has 40 heavy (non-hydrogen) atoms. The number of carbonyl (C=O) groups excluding carboxylic acids is 3. The number of thiophene rings is 1. The molecule has 0 aliphatic heterocycles. The molecule has 0 fully saturated rings. The zero-order chi connectivity index (χ0) is 28.1. The number of para-hydroxylation sites is 1. The van der Waals surface area contributed by atoms with Gasteiger partial charge in [0.2, 0.25) is 0 Å². The van der Waals surface area contributed by atoms with Crippen molar-refractivity contribution in [2.24, 2.45) is 5.92 Å². The molecule has 5 rings (SSSR count). The van der Waals surface area contributed by atoms with E-state index in [0.717, 1.165) is 35.5 Å². The van der Waals surface area contributed by atoms with Crippen molar-refractivity contribution in [2.75, 3.05) is 22.6 Å². The van der Waals surface area contributed by atoms with Gasteiger partial charge in [0.05, 0.1) is 23.4 Å². The van der Waals surface area contributed by atoms with Gasteiger partial charge in [-0.15, -0.1) is 11.3 Å². The van der Waals surface area contributed by atoms with Gasteiger partial charge in [-0.1, -0.05) is 37.3 Å². The van der Waals surface area contributed by atoms with Gasteiger partial charge < -0.3 is 20.7 Å². The summed E-state index contributed by atoms with van der Waals surface area (Å²) in [5.74, 6) is 0.263. The minimum atomic E-state index is -0.397. The van der Waals surface area contributed by atoms with Gasteiger partial charge in [0.15, 0.2) is 0 Å². The van der Waals surface area contributed by atoms with E-state index in [4.69, 9.17) is 4.74 Å². The number of nitrogens with one attached hydrogen (secondary N) is 3. The van der Waals surface area contributed by atoms with Crippen LogP contribution in [0, 0.1) is 5.92 Å². The first-order chi connectivity index (χ1) is 19.4. The number of benzene rings is 3. The van der Waals surface area contributed by atoms with Gasteiger partial charge in [0, 0.05) is 16.1 Å². The summed E-state index contributed by atoms with van der Waals surface area (Å²) in [6.45, 7) is 4.68. The molecule has 4 aromatic rings. The van der Waals surface area contributed by atoms with Crippen LogP contribution in [0.25, 0.3) is 0 Å². The molecule has 0 radical (unpaired) electrons. The third kappa shape index (κ3) is 6.07. The first kappa shape index (κ1) is 27.1. The lowest BCUT2D eigenvalue weighted by Gasteiger charge is -2.18. The van der Waals surface area contributed by atoms with E-state index in [2.05, 4.69) is 22.9 Å². The largest absolute Gasteiger partial charge is 0.494 e. The van der Waals surface area contributed by atoms with Crippen molar-refractivity contribution in [1.29, 1.82) is 0 Å². The fourth-order valence-electron chi connectivity index (χ4n) is 4.82. The number of amides is 3. The van der Waals surface area contributed by atoms with Gasteiger partial charge in [-0.05, 0) is 86.2 Å². The molecule has 1 aromatic heterocycles. The first-order valence-corrected chi connectivity index (χ1v) is 14.2. The molecular formula is C32H31N3O4S. The first-order valence-electron chi connectivity index (χ1n) is 13.4. The molecule has 7 nitrogen and oxygen atoms in total. The molecule has 1 aliphatic rings. The van der Waals surface area contributed by atoms with Crippen molar-refractivity contribution in [2.45, 2.75) is 33.1 Å². The van der Waals surface area contributed by atoms with Crippen molar-refractivity contribution < 1.29 is 19.1 Å². The number of hydrogen-bond acceptors (Lipinski definition) is 5. The van der Waals surface area contributed by atoms with Crippen LogP contribution in [-0.2, 0) is 12.8 Å². The third-order valence-electron chi connectivity index (χ3n) is 6.84. The average Bonchev–Trinajstić information content (AvgIpc) is 3.31. The van der Waals surface area contributed by atoms with E-state index in [1.54, 1.807) is 60.7 Å². The molecule has 0 spiro atoms. The van der Waals surface area contributed by atoms with E-state index in [1.807, 2.05) is 25.1 Å². The Labute approximate surface area is 237 Å². The van der Waals surface area contributed by atoms with Crippen molar-refractivity contribution >= 4 is 45.4 Å². The van der Waals surface area contributed by atoms with Crippen LogP contribution in [0.4, 0.5) is 16.4 Å². The van der Waals surface area contributed by atoms with Crippen LogP contribution in [-0.4, -0.2) is 24.3 Å². The molecule has 204 valence electrons. The predicted octanol–water partition coefficient (Wildman–Crippen LogP) is 7.03. The van der Waals surface area contributed by atoms with Gasteiger partial charge in [-0.2, -0.15) is 0 Å². The Kier molecular flexibility index (Phi) is 8.26. The number of carbonyl (C=O) groups is 3. The molecule has 0 unspecified atom stereocenters. The summed E-state index contributed by atoms with van der Waals surface area (Å²) in [6, 6.07) is 22.9. The van der Waals surface area contributed by atoms with E-state index in [9.17, 15) is 14.4 Å². The fraction of sp³-hybridized carbons (Fsp3) is 0.219. The maximum absolute atomic E-state index is 13.6. The molecule has 1 heterocycles. The Bertz CT molecular complexity index is 1530. The van der Waals surface area contributed by atoms with Gasteiger partial charge in [0.1, 0.15) is 10.8 Å². The maximum atomic E-state index is 13.6. The van der Waals surface area contributed by atoms with Crippen molar-refractivity contribution in [3.8, 4) is 5.75 Å². The lowest BCUT2D eigenvalue weighted by molar-refractivity contribution is 0.101. The smallest absolute Gasteiger partial charge is 0.258 e. The van der Waals surface area contributed by atoms with Crippen LogP contribution in [0.1, 0.15) is 61.8 Å². The number of anilines is 3. The molecule has 1 atom stereocenters. The number of hydrogen-bond donors (Lipinski definition) is 3. The SMILES string of the molecule is CCOc1ccc(NC(=O)c2c(NC(=O)c3ccccc3NC(=O)c3ccccc3)sc3c2CC[C@@H](C)C3)cc1. The maximum Gasteiger partial charge on any atom is 0.258 e. The van der Waals surface area contributed by atoms with Crippen LogP contribution in [0.5, 0.6) is 5.75 Å². The fourth-order valence-corrected chi connectivity index (χ4v) is 6.22. The quantitative estimate of drug-likeness (QED) is 0.218. The zero-order valence-corrected chi connectivity index (χ0v) is 23.3. The highest BCUT2D eigenvalue weighted by Crippen LogP contribution is 2.40. The highest BCUT2D eigenvalue weighted by molar-refractivity contribution is 7.17. The van der Waals surface area contributed by atoms with Crippen LogP contribution in [0.2, 0.25) is 0 Å². The second-order valence-corrected chi connectivity index (χ2v) is 10.9.